The molecule has 2 aromatic rings. The molecule has 0 saturated heterocycles. The minimum absolute atomic E-state index is 0.575. The van der Waals surface area contributed by atoms with E-state index in [1.54, 1.807) is 0 Å². The zero-order valence-corrected chi connectivity index (χ0v) is 12.2. The Morgan fingerprint density at radius 2 is 1.75 bits per heavy atom. The van der Waals surface area contributed by atoms with Gasteiger partial charge in [0.05, 0.1) is 0 Å². The van der Waals surface area contributed by atoms with Crippen molar-refractivity contribution in [3.63, 3.8) is 0 Å². The van der Waals surface area contributed by atoms with E-state index in [1.807, 2.05) is 6.07 Å². The van der Waals surface area contributed by atoms with E-state index in [0.717, 1.165) is 6.54 Å². The van der Waals surface area contributed by atoms with Crippen LogP contribution in [-0.2, 0) is 6.54 Å². The minimum Gasteiger partial charge on any atom is -0.385 e. The first kappa shape index (κ1) is 14.6. The SMILES string of the molecule is CCCCCNc1cc(-c2ccccc2)ccc1CN. The van der Waals surface area contributed by atoms with Gasteiger partial charge in [0.1, 0.15) is 0 Å². The second kappa shape index (κ2) is 7.71. The van der Waals surface area contributed by atoms with Crippen LogP contribution in [0.2, 0.25) is 0 Å². The number of rotatable bonds is 7. The van der Waals surface area contributed by atoms with Crippen LogP contribution in [0.25, 0.3) is 11.1 Å². The van der Waals surface area contributed by atoms with Crippen LogP contribution in [0, 0.1) is 0 Å². The quantitative estimate of drug-likeness (QED) is 0.730. The summed E-state index contributed by atoms with van der Waals surface area (Å²) in [6.45, 7) is 3.81. The molecule has 0 aliphatic heterocycles. The van der Waals surface area contributed by atoms with Crippen molar-refractivity contribution in [3.05, 3.63) is 54.1 Å². The maximum Gasteiger partial charge on any atom is 0.0391 e. The number of nitrogens with two attached hydrogens (primary N) is 1. The molecule has 0 amide bonds. The summed E-state index contributed by atoms with van der Waals surface area (Å²) < 4.78 is 0. The molecule has 0 atom stereocenters. The Hall–Kier alpha value is -1.80. The third kappa shape index (κ3) is 3.84. The highest BCUT2D eigenvalue weighted by atomic mass is 14.9. The molecule has 2 aromatic carbocycles. The standard InChI is InChI=1S/C18H24N2/c1-2-3-7-12-20-18-13-16(10-11-17(18)14-19)15-8-5-4-6-9-15/h4-6,8-11,13,20H,2-3,7,12,14,19H2,1H3. The molecule has 2 rings (SSSR count). The third-order valence-corrected chi connectivity index (χ3v) is 3.53. The van der Waals surface area contributed by atoms with Gasteiger partial charge in [0.2, 0.25) is 0 Å². The molecule has 0 fully saturated rings. The highest BCUT2D eigenvalue weighted by Crippen LogP contribution is 2.25. The number of nitrogens with one attached hydrogen (secondary N) is 1. The van der Waals surface area contributed by atoms with E-state index in [2.05, 4.69) is 54.7 Å². The number of anilines is 1. The lowest BCUT2D eigenvalue weighted by atomic mass is 10.0. The lowest BCUT2D eigenvalue weighted by Crippen LogP contribution is -2.07. The molecule has 0 aromatic heterocycles. The van der Waals surface area contributed by atoms with Crippen molar-refractivity contribution in [2.45, 2.75) is 32.7 Å². The van der Waals surface area contributed by atoms with Crippen molar-refractivity contribution in [2.24, 2.45) is 5.73 Å². The smallest absolute Gasteiger partial charge is 0.0391 e. The summed E-state index contributed by atoms with van der Waals surface area (Å²) in [4.78, 5) is 0. The van der Waals surface area contributed by atoms with Gasteiger partial charge in [-0.2, -0.15) is 0 Å². The summed E-state index contributed by atoms with van der Waals surface area (Å²) in [5.74, 6) is 0. The minimum atomic E-state index is 0.575. The molecule has 106 valence electrons. The highest BCUT2D eigenvalue weighted by Gasteiger charge is 2.04. The van der Waals surface area contributed by atoms with Crippen LogP contribution < -0.4 is 11.1 Å². The molecule has 0 aliphatic rings. The van der Waals surface area contributed by atoms with E-state index in [4.69, 9.17) is 5.73 Å². The van der Waals surface area contributed by atoms with E-state index in [9.17, 15) is 0 Å². The molecule has 0 bridgehead atoms. The zero-order chi connectivity index (χ0) is 14.2. The molecular weight excluding hydrogens is 244 g/mol. The van der Waals surface area contributed by atoms with Crippen molar-refractivity contribution < 1.29 is 0 Å². The molecule has 20 heavy (non-hydrogen) atoms. The molecule has 0 spiro atoms. The Morgan fingerprint density at radius 1 is 0.950 bits per heavy atom. The van der Waals surface area contributed by atoms with E-state index >= 15 is 0 Å². The summed E-state index contributed by atoms with van der Waals surface area (Å²) >= 11 is 0. The number of hydrogen-bond acceptors (Lipinski definition) is 2. The van der Waals surface area contributed by atoms with E-state index < -0.39 is 0 Å². The van der Waals surface area contributed by atoms with Gasteiger partial charge in [-0.3, -0.25) is 0 Å². The number of hydrogen-bond donors (Lipinski definition) is 2. The van der Waals surface area contributed by atoms with Crippen LogP contribution in [0.1, 0.15) is 31.7 Å². The van der Waals surface area contributed by atoms with E-state index in [1.165, 1.54) is 41.6 Å². The van der Waals surface area contributed by atoms with Gasteiger partial charge in [-0.15, -0.1) is 0 Å². The predicted molar refractivity (Wildman–Crippen MR) is 87.8 cm³/mol. The first-order valence-electron chi connectivity index (χ1n) is 7.47. The van der Waals surface area contributed by atoms with Crippen LogP contribution in [0.4, 0.5) is 5.69 Å². The first-order valence-corrected chi connectivity index (χ1v) is 7.47. The third-order valence-electron chi connectivity index (χ3n) is 3.53. The molecule has 0 saturated carbocycles. The largest absolute Gasteiger partial charge is 0.385 e. The zero-order valence-electron chi connectivity index (χ0n) is 12.2. The lowest BCUT2D eigenvalue weighted by Gasteiger charge is -2.13. The Balaban J connectivity index is 2.16. The topological polar surface area (TPSA) is 38.0 Å². The Bertz CT molecular complexity index is 520. The number of unbranched alkanes of at least 4 members (excludes halogenated alkanes) is 2. The average Bonchev–Trinajstić information content (AvgIpc) is 2.52. The van der Waals surface area contributed by atoms with Crippen LogP contribution in [0.3, 0.4) is 0 Å². The van der Waals surface area contributed by atoms with Crippen molar-refractivity contribution in [1.29, 1.82) is 0 Å². The summed E-state index contributed by atoms with van der Waals surface area (Å²) in [6, 6.07) is 16.9. The predicted octanol–water partition coefficient (Wildman–Crippen LogP) is 4.41. The van der Waals surface area contributed by atoms with Gasteiger partial charge in [-0.05, 0) is 29.2 Å². The Kier molecular flexibility index (Phi) is 5.63. The van der Waals surface area contributed by atoms with Crippen molar-refractivity contribution >= 4 is 5.69 Å². The van der Waals surface area contributed by atoms with Gasteiger partial charge in [0, 0.05) is 18.8 Å². The van der Waals surface area contributed by atoms with Gasteiger partial charge >= 0.3 is 0 Å². The molecule has 3 N–H and O–H groups in total. The monoisotopic (exact) mass is 268 g/mol. The van der Waals surface area contributed by atoms with Gasteiger partial charge < -0.3 is 11.1 Å². The first-order chi connectivity index (χ1) is 9.85. The highest BCUT2D eigenvalue weighted by molar-refractivity contribution is 5.70. The normalized spacial score (nSPS) is 10.5. The maximum absolute atomic E-state index is 5.83. The summed E-state index contributed by atoms with van der Waals surface area (Å²) in [5, 5.41) is 3.53. The van der Waals surface area contributed by atoms with Crippen LogP contribution in [0.15, 0.2) is 48.5 Å². The van der Waals surface area contributed by atoms with Crippen LogP contribution >= 0.6 is 0 Å². The lowest BCUT2D eigenvalue weighted by molar-refractivity contribution is 0.743. The summed E-state index contributed by atoms with van der Waals surface area (Å²) in [7, 11) is 0. The van der Waals surface area contributed by atoms with Crippen molar-refractivity contribution in [1.82, 2.24) is 0 Å². The summed E-state index contributed by atoms with van der Waals surface area (Å²) in [5.41, 5.74) is 10.7. The molecule has 0 aliphatic carbocycles. The second-order valence-corrected chi connectivity index (χ2v) is 5.08. The average molecular weight is 268 g/mol. The van der Waals surface area contributed by atoms with E-state index in [0.29, 0.717) is 6.54 Å². The summed E-state index contributed by atoms with van der Waals surface area (Å²) in [6.07, 6.45) is 3.72. The molecule has 2 heteroatoms. The van der Waals surface area contributed by atoms with Crippen LogP contribution in [0.5, 0.6) is 0 Å². The van der Waals surface area contributed by atoms with Crippen LogP contribution in [-0.4, -0.2) is 6.54 Å². The fraction of sp³-hybridized carbons (Fsp3) is 0.333. The second-order valence-electron chi connectivity index (χ2n) is 5.08. The molecule has 0 radical (unpaired) electrons. The van der Waals surface area contributed by atoms with E-state index in [-0.39, 0.29) is 0 Å². The van der Waals surface area contributed by atoms with Gasteiger partial charge in [-0.1, -0.05) is 62.2 Å². The number of benzene rings is 2. The Labute approximate surface area is 122 Å². The van der Waals surface area contributed by atoms with Crippen molar-refractivity contribution in [2.75, 3.05) is 11.9 Å². The fourth-order valence-electron chi connectivity index (χ4n) is 2.33. The van der Waals surface area contributed by atoms with Crippen molar-refractivity contribution in [3.8, 4) is 11.1 Å². The molecular formula is C18H24N2. The molecule has 0 unspecified atom stereocenters. The van der Waals surface area contributed by atoms with Gasteiger partial charge in [0.25, 0.3) is 0 Å². The molecule has 2 nitrogen and oxygen atoms in total. The fourth-order valence-corrected chi connectivity index (χ4v) is 2.33. The van der Waals surface area contributed by atoms with Gasteiger partial charge in [0.15, 0.2) is 0 Å². The maximum atomic E-state index is 5.83. The van der Waals surface area contributed by atoms with Gasteiger partial charge in [-0.25, -0.2) is 0 Å². The Morgan fingerprint density at radius 3 is 2.45 bits per heavy atom. The molecule has 0 heterocycles.